The van der Waals surface area contributed by atoms with Crippen LogP contribution < -0.4 is 10.1 Å². The highest BCUT2D eigenvalue weighted by Crippen LogP contribution is 2.35. The molecule has 0 atom stereocenters. The zero-order valence-electron chi connectivity index (χ0n) is 17.2. The monoisotopic (exact) mass is 448 g/mol. The number of carbonyl (C=O) groups is 1. The first-order valence-electron chi connectivity index (χ1n) is 9.53. The third-order valence-corrected chi connectivity index (χ3v) is 4.49. The number of hydrogen-bond donors (Lipinski definition) is 2. The third-order valence-electron chi connectivity index (χ3n) is 4.49. The number of halogens is 4. The maximum atomic E-state index is 13.8. The number of nitrogens with one attached hydrogen (secondary N) is 1. The Hall–Kier alpha value is -3.46. The maximum absolute atomic E-state index is 13.8. The normalized spacial score (nSPS) is 11.8. The zero-order valence-corrected chi connectivity index (χ0v) is 17.2. The number of aliphatic hydroxyl groups excluding tert-OH is 1. The molecule has 3 rings (SSSR count). The van der Waals surface area contributed by atoms with Crippen LogP contribution in [0.3, 0.4) is 0 Å². The van der Waals surface area contributed by atoms with E-state index in [1.807, 2.05) is 0 Å². The Morgan fingerprint density at radius 1 is 1.09 bits per heavy atom. The topological polar surface area (TPSA) is 71.5 Å². The smallest absolute Gasteiger partial charge is 0.416 e. The van der Waals surface area contributed by atoms with Gasteiger partial charge in [0.15, 0.2) is 0 Å². The van der Waals surface area contributed by atoms with Crippen LogP contribution in [0.4, 0.5) is 17.6 Å². The molecule has 2 N–H and O–H groups in total. The van der Waals surface area contributed by atoms with Crippen LogP contribution >= 0.6 is 0 Å². The number of alkyl halides is 3. The molecule has 9 heteroatoms. The standard InChI is InChI=1S/C23H20F4N2O3/c1-22(2,13-30)29-20(31)15-11-19(14-4-3-5-17(24)10-14)21(28-12-15)32-18-8-6-16(7-9-18)23(25,26)27/h3-12,30H,13H2,1-2H3,(H,29,31). The Morgan fingerprint density at radius 2 is 1.78 bits per heavy atom. The molecule has 2 aromatic carbocycles. The van der Waals surface area contributed by atoms with Crippen molar-refractivity contribution in [2.75, 3.05) is 6.61 Å². The van der Waals surface area contributed by atoms with E-state index in [0.29, 0.717) is 5.56 Å². The first-order valence-corrected chi connectivity index (χ1v) is 9.53. The number of carbonyl (C=O) groups excluding carboxylic acids is 1. The molecule has 0 aliphatic rings. The van der Waals surface area contributed by atoms with Crippen LogP contribution in [0.1, 0.15) is 29.8 Å². The molecule has 1 amide bonds. The van der Waals surface area contributed by atoms with Crippen LogP contribution in [0.25, 0.3) is 11.1 Å². The minimum Gasteiger partial charge on any atom is -0.438 e. The molecule has 0 saturated heterocycles. The average molecular weight is 448 g/mol. The van der Waals surface area contributed by atoms with Crippen molar-refractivity contribution in [3.05, 3.63) is 77.7 Å². The van der Waals surface area contributed by atoms with Gasteiger partial charge >= 0.3 is 6.18 Å². The lowest BCUT2D eigenvalue weighted by molar-refractivity contribution is -0.137. The molecular formula is C23H20F4N2O3. The number of hydrogen-bond acceptors (Lipinski definition) is 4. The highest BCUT2D eigenvalue weighted by Gasteiger charge is 2.30. The summed E-state index contributed by atoms with van der Waals surface area (Å²) in [7, 11) is 0. The number of benzene rings is 2. The third kappa shape index (κ3) is 5.61. The van der Waals surface area contributed by atoms with Crippen LogP contribution in [-0.2, 0) is 6.18 Å². The lowest BCUT2D eigenvalue weighted by Crippen LogP contribution is -2.46. The Balaban J connectivity index is 1.99. The molecule has 0 unspecified atom stereocenters. The fraction of sp³-hybridized carbons (Fsp3) is 0.217. The molecule has 3 aromatic rings. The van der Waals surface area contributed by atoms with Gasteiger partial charge in [0.2, 0.25) is 5.88 Å². The van der Waals surface area contributed by atoms with Crippen molar-refractivity contribution < 1.29 is 32.2 Å². The summed E-state index contributed by atoms with van der Waals surface area (Å²) in [5.74, 6) is -0.982. The molecule has 0 saturated carbocycles. The van der Waals surface area contributed by atoms with Gasteiger partial charge in [0.25, 0.3) is 5.91 Å². The summed E-state index contributed by atoms with van der Waals surface area (Å²) in [5, 5.41) is 12.0. The fourth-order valence-electron chi connectivity index (χ4n) is 2.76. The number of pyridine rings is 1. The average Bonchev–Trinajstić information content (AvgIpc) is 2.73. The number of nitrogens with zero attached hydrogens (tertiary/aromatic N) is 1. The van der Waals surface area contributed by atoms with E-state index in [9.17, 15) is 27.5 Å². The molecule has 0 aliphatic heterocycles. The predicted octanol–water partition coefficient (Wildman–Crippen LogP) is 5.20. The molecule has 0 spiro atoms. The highest BCUT2D eigenvalue weighted by atomic mass is 19.4. The molecule has 0 radical (unpaired) electrons. The van der Waals surface area contributed by atoms with Gasteiger partial charge in [-0.25, -0.2) is 9.37 Å². The first kappa shape index (κ1) is 23.2. The van der Waals surface area contributed by atoms with Crippen molar-refractivity contribution in [2.24, 2.45) is 0 Å². The summed E-state index contributed by atoms with van der Waals surface area (Å²) in [5.41, 5.74) is -0.965. The van der Waals surface area contributed by atoms with Crippen molar-refractivity contribution in [2.45, 2.75) is 25.6 Å². The SMILES string of the molecule is CC(C)(CO)NC(=O)c1cnc(Oc2ccc(C(F)(F)F)cc2)c(-c2cccc(F)c2)c1. The quantitative estimate of drug-likeness (QED) is 0.509. The van der Waals surface area contributed by atoms with Crippen LogP contribution in [0.15, 0.2) is 60.8 Å². The summed E-state index contributed by atoms with van der Waals surface area (Å²) < 4.78 is 57.8. The van der Waals surface area contributed by atoms with Gasteiger partial charge in [-0.1, -0.05) is 12.1 Å². The van der Waals surface area contributed by atoms with Crippen LogP contribution in [-0.4, -0.2) is 28.1 Å². The second-order valence-electron chi connectivity index (χ2n) is 7.71. The van der Waals surface area contributed by atoms with E-state index in [0.717, 1.165) is 24.3 Å². The molecule has 5 nitrogen and oxygen atoms in total. The largest absolute Gasteiger partial charge is 0.438 e. The lowest BCUT2D eigenvalue weighted by Gasteiger charge is -2.23. The van der Waals surface area contributed by atoms with E-state index in [4.69, 9.17) is 4.74 Å². The predicted molar refractivity (Wildman–Crippen MR) is 110 cm³/mol. The molecule has 32 heavy (non-hydrogen) atoms. The van der Waals surface area contributed by atoms with E-state index in [2.05, 4.69) is 10.3 Å². The second-order valence-corrected chi connectivity index (χ2v) is 7.71. The number of aromatic nitrogens is 1. The number of amides is 1. The molecular weight excluding hydrogens is 428 g/mol. The van der Waals surface area contributed by atoms with Gasteiger partial charge in [-0.15, -0.1) is 0 Å². The van der Waals surface area contributed by atoms with Gasteiger partial charge in [-0.3, -0.25) is 4.79 Å². The Kier molecular flexibility index (Phi) is 6.50. The number of ether oxygens (including phenoxy) is 1. The Morgan fingerprint density at radius 3 is 2.38 bits per heavy atom. The maximum Gasteiger partial charge on any atom is 0.416 e. The van der Waals surface area contributed by atoms with Crippen molar-refractivity contribution in [3.8, 4) is 22.8 Å². The Labute approximate surface area is 181 Å². The first-order chi connectivity index (χ1) is 15.0. The summed E-state index contributed by atoms with van der Waals surface area (Å²) >= 11 is 0. The number of rotatable bonds is 6. The van der Waals surface area contributed by atoms with Crippen molar-refractivity contribution >= 4 is 5.91 Å². The van der Waals surface area contributed by atoms with Crippen molar-refractivity contribution in [3.63, 3.8) is 0 Å². The van der Waals surface area contributed by atoms with Gasteiger partial charge in [-0.05, 0) is 61.9 Å². The van der Waals surface area contributed by atoms with E-state index in [1.54, 1.807) is 19.9 Å². The van der Waals surface area contributed by atoms with Crippen LogP contribution in [0, 0.1) is 5.82 Å². The van der Waals surface area contributed by atoms with Crippen LogP contribution in [0.5, 0.6) is 11.6 Å². The van der Waals surface area contributed by atoms with Gasteiger partial charge in [0.05, 0.1) is 23.3 Å². The molecule has 1 heterocycles. The van der Waals surface area contributed by atoms with E-state index in [1.165, 1.54) is 30.5 Å². The molecule has 0 aliphatic carbocycles. The van der Waals surface area contributed by atoms with E-state index >= 15 is 0 Å². The van der Waals surface area contributed by atoms with Crippen molar-refractivity contribution in [1.82, 2.24) is 10.3 Å². The molecule has 168 valence electrons. The van der Waals surface area contributed by atoms with Crippen molar-refractivity contribution in [1.29, 1.82) is 0 Å². The van der Waals surface area contributed by atoms with E-state index < -0.39 is 29.0 Å². The van der Waals surface area contributed by atoms with Gasteiger partial charge in [0.1, 0.15) is 11.6 Å². The summed E-state index contributed by atoms with van der Waals surface area (Å²) in [4.78, 5) is 16.7. The molecule has 1 aromatic heterocycles. The lowest BCUT2D eigenvalue weighted by atomic mass is 10.0. The zero-order chi connectivity index (χ0) is 23.5. The fourth-order valence-corrected chi connectivity index (χ4v) is 2.76. The minimum atomic E-state index is -4.49. The number of aliphatic hydroxyl groups is 1. The van der Waals surface area contributed by atoms with Crippen LogP contribution in [0.2, 0.25) is 0 Å². The summed E-state index contributed by atoms with van der Waals surface area (Å²) in [6.07, 6.45) is -3.26. The Bertz CT molecular complexity index is 1110. The second kappa shape index (κ2) is 8.96. The summed E-state index contributed by atoms with van der Waals surface area (Å²) in [6.45, 7) is 2.97. The highest BCUT2D eigenvalue weighted by molar-refractivity contribution is 5.96. The van der Waals surface area contributed by atoms with Gasteiger partial charge in [-0.2, -0.15) is 13.2 Å². The summed E-state index contributed by atoms with van der Waals surface area (Å²) in [6, 6.07) is 11.0. The van der Waals surface area contributed by atoms with E-state index in [-0.39, 0.29) is 29.4 Å². The minimum absolute atomic E-state index is 0.0201. The van der Waals surface area contributed by atoms with Gasteiger partial charge < -0.3 is 15.2 Å². The molecule has 0 bridgehead atoms. The van der Waals surface area contributed by atoms with Gasteiger partial charge in [0, 0.05) is 11.8 Å². The molecule has 0 fully saturated rings.